The summed E-state index contributed by atoms with van der Waals surface area (Å²) in [5.74, 6) is -0.748. The van der Waals surface area contributed by atoms with Gasteiger partial charge in [0.25, 0.3) is 5.91 Å². The molecule has 0 saturated carbocycles. The van der Waals surface area contributed by atoms with Crippen molar-refractivity contribution in [2.24, 2.45) is 0 Å². The number of urea groups is 1. The van der Waals surface area contributed by atoms with Gasteiger partial charge in [-0.05, 0) is 30.2 Å². The molecular formula is C24H26N4O5. The van der Waals surface area contributed by atoms with Gasteiger partial charge in [0.2, 0.25) is 11.8 Å². The summed E-state index contributed by atoms with van der Waals surface area (Å²) < 4.78 is 5.81. The molecule has 2 fully saturated rings. The first kappa shape index (κ1) is 22.5. The number of carbonyl (C=O) groups is 4. The number of hydrogen-bond acceptors (Lipinski definition) is 5. The maximum atomic E-state index is 12.9. The second kappa shape index (κ2) is 9.83. The van der Waals surface area contributed by atoms with Gasteiger partial charge in [0, 0.05) is 25.6 Å². The monoisotopic (exact) mass is 450 g/mol. The summed E-state index contributed by atoms with van der Waals surface area (Å²) in [4.78, 5) is 52.2. The van der Waals surface area contributed by atoms with Crippen molar-refractivity contribution < 1.29 is 23.9 Å². The Bertz CT molecular complexity index is 1060. The third-order valence-corrected chi connectivity index (χ3v) is 5.68. The SMILES string of the molecule is CC(=O)Nc1cccc(N2C(=O)N[C@@H](CCC(=O)N3CCO[C@H](c4ccccc4)C3)C2=O)c1. The van der Waals surface area contributed by atoms with Gasteiger partial charge in [0.15, 0.2) is 0 Å². The number of rotatable bonds is 6. The normalized spacial score (nSPS) is 20.5. The minimum Gasteiger partial charge on any atom is -0.370 e. The summed E-state index contributed by atoms with van der Waals surface area (Å²) in [5, 5.41) is 5.29. The van der Waals surface area contributed by atoms with Gasteiger partial charge in [-0.2, -0.15) is 0 Å². The molecule has 0 bridgehead atoms. The van der Waals surface area contributed by atoms with E-state index in [4.69, 9.17) is 4.74 Å². The van der Waals surface area contributed by atoms with E-state index in [2.05, 4.69) is 10.6 Å². The highest BCUT2D eigenvalue weighted by Crippen LogP contribution is 2.25. The Balaban J connectivity index is 1.35. The summed E-state index contributed by atoms with van der Waals surface area (Å²) in [6.07, 6.45) is 0.166. The van der Waals surface area contributed by atoms with E-state index in [0.717, 1.165) is 10.5 Å². The van der Waals surface area contributed by atoms with Crippen LogP contribution in [0.4, 0.5) is 16.2 Å². The highest BCUT2D eigenvalue weighted by Gasteiger charge is 2.39. The summed E-state index contributed by atoms with van der Waals surface area (Å²) >= 11 is 0. The van der Waals surface area contributed by atoms with Crippen molar-refractivity contribution in [2.75, 3.05) is 29.9 Å². The molecule has 0 radical (unpaired) electrons. The lowest BCUT2D eigenvalue weighted by Gasteiger charge is -2.33. The van der Waals surface area contributed by atoms with Crippen LogP contribution in [0, 0.1) is 0 Å². The molecule has 5 amide bonds. The lowest BCUT2D eigenvalue weighted by Crippen LogP contribution is -2.43. The molecule has 9 heteroatoms. The fraction of sp³-hybridized carbons (Fsp3) is 0.333. The number of amides is 5. The molecule has 2 aromatic rings. The summed E-state index contributed by atoms with van der Waals surface area (Å²) in [7, 11) is 0. The van der Waals surface area contributed by atoms with Crippen LogP contribution < -0.4 is 15.5 Å². The van der Waals surface area contributed by atoms with Gasteiger partial charge in [-0.15, -0.1) is 0 Å². The van der Waals surface area contributed by atoms with E-state index in [9.17, 15) is 19.2 Å². The quantitative estimate of drug-likeness (QED) is 0.658. The van der Waals surface area contributed by atoms with Crippen molar-refractivity contribution in [1.82, 2.24) is 10.2 Å². The topological polar surface area (TPSA) is 108 Å². The highest BCUT2D eigenvalue weighted by atomic mass is 16.5. The Morgan fingerprint density at radius 2 is 1.91 bits per heavy atom. The van der Waals surface area contributed by atoms with Gasteiger partial charge in [0.05, 0.1) is 18.8 Å². The van der Waals surface area contributed by atoms with E-state index < -0.39 is 18.0 Å². The van der Waals surface area contributed by atoms with Crippen LogP contribution in [-0.2, 0) is 19.1 Å². The Morgan fingerprint density at radius 1 is 1.12 bits per heavy atom. The second-order valence-electron chi connectivity index (χ2n) is 8.06. The Kier molecular flexibility index (Phi) is 6.69. The summed E-state index contributed by atoms with van der Waals surface area (Å²) in [6, 6.07) is 14.9. The standard InChI is InChI=1S/C24H26N4O5/c1-16(29)25-18-8-5-9-19(14-18)28-23(31)20(26-24(28)32)10-11-22(30)27-12-13-33-21(15-27)17-6-3-2-4-7-17/h2-9,14,20-21H,10-13,15H2,1H3,(H,25,29)(H,26,32)/t20-,21-/m0/s1. The zero-order valence-corrected chi connectivity index (χ0v) is 18.3. The van der Waals surface area contributed by atoms with Crippen LogP contribution in [0.1, 0.15) is 31.4 Å². The summed E-state index contributed by atoms with van der Waals surface area (Å²) in [6.45, 7) is 2.78. The molecule has 0 aromatic heterocycles. The first-order chi connectivity index (χ1) is 15.9. The highest BCUT2D eigenvalue weighted by molar-refractivity contribution is 6.21. The zero-order chi connectivity index (χ0) is 23.4. The first-order valence-electron chi connectivity index (χ1n) is 10.9. The number of carbonyl (C=O) groups excluding carboxylic acids is 4. The predicted molar refractivity (Wildman–Crippen MR) is 122 cm³/mol. The van der Waals surface area contributed by atoms with E-state index in [1.807, 2.05) is 30.3 Å². The second-order valence-corrected chi connectivity index (χ2v) is 8.06. The number of benzene rings is 2. The van der Waals surface area contributed by atoms with Crippen LogP contribution >= 0.6 is 0 Å². The van der Waals surface area contributed by atoms with Gasteiger partial charge in [-0.1, -0.05) is 36.4 Å². The van der Waals surface area contributed by atoms with Gasteiger partial charge in [-0.25, -0.2) is 9.69 Å². The van der Waals surface area contributed by atoms with Crippen LogP contribution in [0.5, 0.6) is 0 Å². The van der Waals surface area contributed by atoms with Crippen molar-refractivity contribution in [1.29, 1.82) is 0 Å². The Morgan fingerprint density at radius 3 is 2.67 bits per heavy atom. The molecule has 4 rings (SSSR count). The molecule has 2 saturated heterocycles. The number of nitrogens with zero attached hydrogens (tertiary/aromatic N) is 2. The van der Waals surface area contributed by atoms with Crippen molar-refractivity contribution in [3.8, 4) is 0 Å². The van der Waals surface area contributed by atoms with E-state index in [-0.39, 0.29) is 30.8 Å². The third-order valence-electron chi connectivity index (χ3n) is 5.68. The predicted octanol–water partition coefficient (Wildman–Crippen LogP) is 2.45. The summed E-state index contributed by atoms with van der Waals surface area (Å²) in [5.41, 5.74) is 1.86. The van der Waals surface area contributed by atoms with Crippen LogP contribution in [0.25, 0.3) is 0 Å². The molecule has 2 aliphatic rings. The molecule has 9 nitrogen and oxygen atoms in total. The van der Waals surface area contributed by atoms with Gasteiger partial charge < -0.3 is 20.3 Å². The molecule has 2 aliphatic heterocycles. The van der Waals surface area contributed by atoms with Crippen molar-refractivity contribution >= 4 is 35.1 Å². The lowest BCUT2D eigenvalue weighted by atomic mass is 10.1. The maximum Gasteiger partial charge on any atom is 0.329 e. The zero-order valence-electron chi connectivity index (χ0n) is 18.3. The molecule has 2 aromatic carbocycles. The lowest BCUT2D eigenvalue weighted by molar-refractivity contribution is -0.139. The van der Waals surface area contributed by atoms with Gasteiger partial charge in [0.1, 0.15) is 12.1 Å². The minimum atomic E-state index is -0.781. The van der Waals surface area contributed by atoms with E-state index in [0.29, 0.717) is 31.1 Å². The molecule has 0 unspecified atom stereocenters. The van der Waals surface area contributed by atoms with Crippen molar-refractivity contribution in [3.05, 3.63) is 60.2 Å². The molecule has 0 spiro atoms. The van der Waals surface area contributed by atoms with Crippen LogP contribution in [-0.4, -0.2) is 54.4 Å². The number of morpholine rings is 1. The largest absolute Gasteiger partial charge is 0.370 e. The fourth-order valence-corrected chi connectivity index (χ4v) is 4.07. The van der Waals surface area contributed by atoms with E-state index >= 15 is 0 Å². The molecule has 172 valence electrons. The number of hydrogen-bond donors (Lipinski definition) is 2. The molecule has 2 heterocycles. The fourth-order valence-electron chi connectivity index (χ4n) is 4.07. The maximum absolute atomic E-state index is 12.9. The van der Waals surface area contributed by atoms with Crippen LogP contribution in [0.2, 0.25) is 0 Å². The minimum absolute atomic E-state index is 0.0765. The number of nitrogens with one attached hydrogen (secondary N) is 2. The number of ether oxygens (including phenoxy) is 1. The Hall–Kier alpha value is -3.72. The van der Waals surface area contributed by atoms with Crippen molar-refractivity contribution in [2.45, 2.75) is 31.9 Å². The average molecular weight is 450 g/mol. The molecule has 2 atom stereocenters. The molecule has 2 N–H and O–H groups in total. The van der Waals surface area contributed by atoms with Crippen LogP contribution in [0.3, 0.4) is 0 Å². The molecule has 33 heavy (non-hydrogen) atoms. The van der Waals surface area contributed by atoms with Crippen LogP contribution in [0.15, 0.2) is 54.6 Å². The van der Waals surface area contributed by atoms with E-state index in [1.165, 1.54) is 6.92 Å². The van der Waals surface area contributed by atoms with E-state index in [1.54, 1.807) is 29.2 Å². The Labute approximate surface area is 191 Å². The van der Waals surface area contributed by atoms with Gasteiger partial charge in [-0.3, -0.25) is 14.4 Å². The third kappa shape index (κ3) is 5.20. The van der Waals surface area contributed by atoms with Gasteiger partial charge >= 0.3 is 6.03 Å². The smallest absolute Gasteiger partial charge is 0.329 e. The van der Waals surface area contributed by atoms with Crippen molar-refractivity contribution in [3.63, 3.8) is 0 Å². The molecular weight excluding hydrogens is 424 g/mol. The first-order valence-corrected chi connectivity index (χ1v) is 10.9. The number of imide groups is 1. The molecule has 0 aliphatic carbocycles. The number of anilines is 2. The average Bonchev–Trinajstić information content (AvgIpc) is 3.10.